The van der Waals surface area contributed by atoms with Crippen LogP contribution in [0.25, 0.3) is 0 Å². The van der Waals surface area contributed by atoms with E-state index in [1.807, 2.05) is 37.3 Å². The number of phenolic OH excluding ortho intramolecular Hbond substituents is 1. The first kappa shape index (κ1) is 17.9. The van der Waals surface area contributed by atoms with E-state index in [1.165, 1.54) is 11.3 Å². The zero-order valence-corrected chi connectivity index (χ0v) is 15.4. The van der Waals surface area contributed by atoms with Gasteiger partial charge in [-0.05, 0) is 48.9 Å². The Hall–Kier alpha value is -3.54. The van der Waals surface area contributed by atoms with Crippen LogP contribution < -0.4 is 4.74 Å². The summed E-state index contributed by atoms with van der Waals surface area (Å²) in [6.07, 6.45) is 1.95. The minimum atomic E-state index is -0.325. The number of para-hydroxylation sites is 1. The van der Waals surface area contributed by atoms with E-state index >= 15 is 0 Å². The average Bonchev–Trinajstić information content (AvgIpc) is 3.39. The van der Waals surface area contributed by atoms with E-state index in [4.69, 9.17) is 9.15 Å². The summed E-state index contributed by atoms with van der Waals surface area (Å²) in [4.78, 5) is 13.0. The van der Waals surface area contributed by atoms with Crippen molar-refractivity contribution >= 4 is 11.6 Å². The predicted molar refractivity (Wildman–Crippen MR) is 104 cm³/mol. The van der Waals surface area contributed by atoms with E-state index in [0.29, 0.717) is 24.3 Å². The highest BCUT2D eigenvalue weighted by Gasteiger charge is 2.35. The smallest absolute Gasteiger partial charge is 0.310 e. The third kappa shape index (κ3) is 3.36. The molecule has 1 aromatic heterocycles. The number of phenols is 1. The fraction of sp³-hybridized carbons (Fsp3) is 0.182. The summed E-state index contributed by atoms with van der Waals surface area (Å²) >= 11 is 0. The van der Waals surface area contributed by atoms with Gasteiger partial charge >= 0.3 is 5.91 Å². The quantitative estimate of drug-likeness (QED) is 0.717. The van der Waals surface area contributed by atoms with Gasteiger partial charge in [0.2, 0.25) is 0 Å². The summed E-state index contributed by atoms with van der Waals surface area (Å²) in [5.41, 5.74) is 2.20. The molecule has 0 saturated carbocycles. The molecule has 4 rings (SSSR count). The van der Waals surface area contributed by atoms with Gasteiger partial charge in [0.15, 0.2) is 5.76 Å². The molecule has 2 aromatic carbocycles. The number of hydrazone groups is 1. The number of nitrogens with zero attached hydrogens (tertiary/aromatic N) is 2. The van der Waals surface area contributed by atoms with Crippen LogP contribution in [0.1, 0.15) is 41.1 Å². The highest BCUT2D eigenvalue weighted by molar-refractivity contribution is 6.06. The molecular weight excluding hydrogens is 356 g/mol. The molecule has 0 spiro atoms. The second kappa shape index (κ2) is 7.60. The molecule has 0 saturated heterocycles. The number of carbonyl (C=O) groups is 1. The van der Waals surface area contributed by atoms with E-state index in [-0.39, 0.29) is 23.5 Å². The SMILES string of the molecule is CCOc1ccc([C@H]2CC(c3ccccc3O)=NN2C(=O)c2ccco2)cc1. The van der Waals surface area contributed by atoms with E-state index < -0.39 is 0 Å². The second-order valence-electron chi connectivity index (χ2n) is 6.41. The summed E-state index contributed by atoms with van der Waals surface area (Å²) in [6, 6.07) is 17.6. The van der Waals surface area contributed by atoms with E-state index in [2.05, 4.69) is 5.10 Å². The van der Waals surface area contributed by atoms with E-state index in [0.717, 1.165) is 11.3 Å². The van der Waals surface area contributed by atoms with Gasteiger partial charge in [-0.2, -0.15) is 5.10 Å². The number of hydrogen-bond donors (Lipinski definition) is 1. The lowest BCUT2D eigenvalue weighted by atomic mass is 9.98. The maximum absolute atomic E-state index is 13.0. The Bertz CT molecular complexity index is 994. The van der Waals surface area contributed by atoms with Crippen molar-refractivity contribution in [3.05, 3.63) is 83.8 Å². The van der Waals surface area contributed by atoms with Crippen molar-refractivity contribution in [2.45, 2.75) is 19.4 Å². The number of ether oxygens (including phenoxy) is 1. The topological polar surface area (TPSA) is 75.3 Å². The van der Waals surface area contributed by atoms with Crippen molar-refractivity contribution < 1.29 is 19.1 Å². The number of benzene rings is 2. The minimum Gasteiger partial charge on any atom is -0.507 e. The normalized spacial score (nSPS) is 16.1. The maximum Gasteiger partial charge on any atom is 0.310 e. The molecule has 2 heterocycles. The van der Waals surface area contributed by atoms with Gasteiger partial charge < -0.3 is 14.3 Å². The minimum absolute atomic E-state index is 0.138. The number of hydrogen-bond acceptors (Lipinski definition) is 5. The third-order valence-corrected chi connectivity index (χ3v) is 4.64. The highest BCUT2D eigenvalue weighted by atomic mass is 16.5. The van der Waals surface area contributed by atoms with Crippen LogP contribution in [0, 0.1) is 0 Å². The average molecular weight is 376 g/mol. The Morgan fingerprint density at radius 1 is 1.18 bits per heavy atom. The van der Waals surface area contributed by atoms with E-state index in [1.54, 1.807) is 30.3 Å². The molecule has 0 aliphatic carbocycles. The molecule has 0 bridgehead atoms. The summed E-state index contributed by atoms with van der Waals surface area (Å²) in [5, 5.41) is 16.2. The number of aromatic hydroxyl groups is 1. The van der Waals surface area contributed by atoms with Crippen molar-refractivity contribution in [1.82, 2.24) is 5.01 Å². The summed E-state index contributed by atoms with van der Waals surface area (Å²) in [7, 11) is 0. The molecule has 1 aliphatic rings. The van der Waals surface area contributed by atoms with Crippen molar-refractivity contribution in [3.8, 4) is 11.5 Å². The lowest BCUT2D eigenvalue weighted by Gasteiger charge is -2.21. The molecule has 6 heteroatoms. The zero-order valence-electron chi connectivity index (χ0n) is 15.4. The van der Waals surface area contributed by atoms with Gasteiger partial charge in [0, 0.05) is 12.0 Å². The van der Waals surface area contributed by atoms with Crippen LogP contribution in [-0.2, 0) is 0 Å². The molecule has 0 unspecified atom stereocenters. The summed E-state index contributed by atoms with van der Waals surface area (Å²) < 4.78 is 10.8. The molecule has 0 radical (unpaired) electrons. The standard InChI is InChI=1S/C22H20N2O4/c1-2-27-16-11-9-15(10-12-16)19-14-18(17-6-3-4-7-20(17)25)23-24(19)22(26)21-8-5-13-28-21/h3-13,19,25H,2,14H2,1H3/t19-/m1/s1. The third-order valence-electron chi connectivity index (χ3n) is 4.64. The summed E-state index contributed by atoms with van der Waals surface area (Å²) in [5.74, 6) is 0.807. The van der Waals surface area contributed by atoms with Gasteiger partial charge in [0.05, 0.1) is 24.6 Å². The fourth-order valence-electron chi connectivity index (χ4n) is 3.30. The monoisotopic (exact) mass is 376 g/mol. The number of amides is 1. The first-order valence-electron chi connectivity index (χ1n) is 9.13. The van der Waals surface area contributed by atoms with Crippen molar-refractivity contribution in [1.29, 1.82) is 0 Å². The number of carbonyl (C=O) groups excluding carboxylic acids is 1. The molecule has 3 aromatic rings. The van der Waals surface area contributed by atoms with Gasteiger partial charge in [0.25, 0.3) is 0 Å². The molecule has 142 valence electrons. The largest absolute Gasteiger partial charge is 0.507 e. The zero-order chi connectivity index (χ0) is 19.5. The van der Waals surface area contributed by atoms with Crippen LogP contribution in [0.3, 0.4) is 0 Å². The van der Waals surface area contributed by atoms with Crippen LogP contribution >= 0.6 is 0 Å². The van der Waals surface area contributed by atoms with Crippen molar-refractivity contribution in [2.75, 3.05) is 6.61 Å². The van der Waals surface area contributed by atoms with Crippen LogP contribution in [0.15, 0.2) is 76.4 Å². The molecule has 6 nitrogen and oxygen atoms in total. The maximum atomic E-state index is 13.0. The Balaban J connectivity index is 1.70. The fourth-order valence-corrected chi connectivity index (χ4v) is 3.30. The predicted octanol–water partition coefficient (Wildman–Crippen LogP) is 4.38. The van der Waals surface area contributed by atoms with Crippen LogP contribution in [-0.4, -0.2) is 28.3 Å². The highest BCUT2D eigenvalue weighted by Crippen LogP contribution is 2.36. The molecule has 1 amide bonds. The first-order valence-corrected chi connectivity index (χ1v) is 9.13. The van der Waals surface area contributed by atoms with Gasteiger partial charge in [0.1, 0.15) is 11.5 Å². The number of rotatable bonds is 5. The van der Waals surface area contributed by atoms with E-state index in [9.17, 15) is 9.90 Å². The van der Waals surface area contributed by atoms with Crippen LogP contribution in [0.2, 0.25) is 0 Å². The molecule has 28 heavy (non-hydrogen) atoms. The van der Waals surface area contributed by atoms with Gasteiger partial charge in [-0.3, -0.25) is 4.79 Å². The Morgan fingerprint density at radius 2 is 1.96 bits per heavy atom. The van der Waals surface area contributed by atoms with Crippen molar-refractivity contribution in [2.24, 2.45) is 5.10 Å². The summed E-state index contributed by atoms with van der Waals surface area (Å²) in [6.45, 7) is 2.52. The lowest BCUT2D eigenvalue weighted by Crippen LogP contribution is -2.26. The molecule has 1 atom stereocenters. The molecule has 1 N–H and O–H groups in total. The number of furan rings is 1. The van der Waals surface area contributed by atoms with Gasteiger partial charge in [-0.15, -0.1) is 0 Å². The molecular formula is C22H20N2O4. The van der Waals surface area contributed by atoms with Crippen molar-refractivity contribution in [3.63, 3.8) is 0 Å². The van der Waals surface area contributed by atoms with Gasteiger partial charge in [-0.1, -0.05) is 24.3 Å². The lowest BCUT2D eigenvalue weighted by molar-refractivity contribution is 0.0678. The Labute approximate surface area is 162 Å². The first-order chi connectivity index (χ1) is 13.7. The second-order valence-corrected chi connectivity index (χ2v) is 6.41. The molecule has 1 aliphatic heterocycles. The van der Waals surface area contributed by atoms with Gasteiger partial charge in [-0.25, -0.2) is 5.01 Å². The van der Waals surface area contributed by atoms with Crippen LogP contribution in [0.5, 0.6) is 11.5 Å². The van der Waals surface area contributed by atoms with Crippen LogP contribution in [0.4, 0.5) is 0 Å². The Morgan fingerprint density at radius 3 is 2.64 bits per heavy atom. The Kier molecular flexibility index (Phi) is 4.85. The molecule has 0 fully saturated rings.